The molecule has 0 spiro atoms. The van der Waals surface area contributed by atoms with Crippen molar-refractivity contribution in [3.05, 3.63) is 66.0 Å². The molecule has 0 saturated heterocycles. The third-order valence-corrected chi connectivity index (χ3v) is 4.08. The van der Waals surface area contributed by atoms with Gasteiger partial charge in [0.1, 0.15) is 5.75 Å². The van der Waals surface area contributed by atoms with Crippen LogP contribution in [0.1, 0.15) is 23.0 Å². The van der Waals surface area contributed by atoms with Gasteiger partial charge in [-0.25, -0.2) is 15.0 Å². The zero-order valence-electron chi connectivity index (χ0n) is 13.2. The van der Waals surface area contributed by atoms with Gasteiger partial charge in [0.2, 0.25) is 7.59 Å². The topological polar surface area (TPSA) is 47.9 Å². The first-order valence-corrected chi connectivity index (χ1v) is 9.21. The van der Waals surface area contributed by atoms with Gasteiger partial charge in [0.15, 0.2) is 17.5 Å². The highest BCUT2D eigenvalue weighted by Gasteiger charge is 2.34. The number of allylic oxidation sites excluding steroid dienone is 2. The molecule has 1 heterocycles. The van der Waals surface area contributed by atoms with E-state index in [-0.39, 0.29) is 17.5 Å². The van der Waals surface area contributed by atoms with Crippen LogP contribution in [0.15, 0.2) is 43.0 Å². The lowest BCUT2D eigenvalue weighted by Crippen LogP contribution is -2.18. The van der Waals surface area contributed by atoms with Crippen molar-refractivity contribution in [3.63, 3.8) is 0 Å². The fourth-order valence-electron chi connectivity index (χ4n) is 1.94. The van der Waals surface area contributed by atoms with Gasteiger partial charge in [0, 0.05) is 5.57 Å². The molecule has 0 aliphatic heterocycles. The minimum absolute atomic E-state index is 0.160. The van der Waals surface area contributed by atoms with Crippen molar-refractivity contribution < 1.29 is 4.74 Å². The lowest BCUT2D eigenvalue weighted by molar-refractivity contribution is 0.415. The Labute approximate surface area is 180 Å². The van der Waals surface area contributed by atoms with E-state index in [1.807, 2.05) is 12.1 Å². The molecule has 0 fully saturated rings. The normalized spacial score (nSPS) is 12.8. The van der Waals surface area contributed by atoms with Crippen molar-refractivity contribution in [1.29, 1.82) is 0 Å². The van der Waals surface area contributed by atoms with E-state index in [0.717, 1.165) is 5.56 Å². The summed E-state index contributed by atoms with van der Waals surface area (Å²) in [4.78, 5) is 12.4. The molecule has 138 valence electrons. The Morgan fingerprint density at radius 1 is 0.923 bits per heavy atom. The van der Waals surface area contributed by atoms with Crippen LogP contribution in [0.4, 0.5) is 0 Å². The van der Waals surface area contributed by atoms with E-state index >= 15 is 0 Å². The Morgan fingerprint density at radius 3 is 1.81 bits per heavy atom. The second kappa shape index (κ2) is 8.51. The van der Waals surface area contributed by atoms with Gasteiger partial charge in [0.05, 0.1) is 7.11 Å². The summed E-state index contributed by atoms with van der Waals surface area (Å²) in [5, 5.41) is 0. The highest BCUT2D eigenvalue weighted by atomic mass is 35.6. The molecule has 0 unspecified atom stereocenters. The number of alkyl halides is 6. The molecule has 1 aromatic carbocycles. The van der Waals surface area contributed by atoms with Crippen molar-refractivity contribution in [2.75, 3.05) is 7.11 Å². The number of rotatable bonds is 4. The summed E-state index contributed by atoms with van der Waals surface area (Å²) < 4.78 is 1.30. The summed E-state index contributed by atoms with van der Waals surface area (Å²) in [6, 6.07) is 7.17. The van der Waals surface area contributed by atoms with Gasteiger partial charge < -0.3 is 4.74 Å². The van der Waals surface area contributed by atoms with Crippen LogP contribution >= 0.6 is 69.6 Å². The van der Waals surface area contributed by atoms with Gasteiger partial charge in [-0.05, 0) is 17.7 Å². The molecular weight excluding hydrogens is 463 g/mol. The number of hydrogen-bond donors (Lipinski definition) is 0. The van der Waals surface area contributed by atoms with Crippen LogP contribution in [0.3, 0.4) is 0 Å². The first kappa shape index (κ1) is 21.5. The molecule has 0 atom stereocenters. The first-order valence-electron chi connectivity index (χ1n) is 6.94. The largest absolute Gasteiger partial charge is 0.497 e. The molecule has 0 bridgehead atoms. The molecule has 26 heavy (non-hydrogen) atoms. The number of hydrogen-bond acceptors (Lipinski definition) is 4. The Balaban J connectivity index is 2.68. The monoisotopic (exact) mass is 471 g/mol. The summed E-state index contributed by atoms with van der Waals surface area (Å²) in [6.07, 6.45) is 3.24. The molecule has 0 saturated carbocycles. The number of methoxy groups -OCH3 is 1. The van der Waals surface area contributed by atoms with Gasteiger partial charge in [-0.15, -0.1) is 0 Å². The molecule has 2 rings (SSSR count). The molecule has 0 aliphatic carbocycles. The molecular formula is C16H11Cl6N3O. The van der Waals surface area contributed by atoms with Crippen molar-refractivity contribution in [2.45, 2.75) is 7.59 Å². The van der Waals surface area contributed by atoms with E-state index in [0.29, 0.717) is 11.3 Å². The third-order valence-electron chi connectivity index (χ3n) is 3.07. The SMILES string of the molecule is C=CC=C(c1ccc(OC)cc1)c1nc(C(Cl)(Cl)Cl)nc(C(Cl)(Cl)Cl)n1. The molecule has 1 aromatic heterocycles. The molecule has 0 radical (unpaired) electrons. The van der Waals surface area contributed by atoms with Gasteiger partial charge in [-0.1, -0.05) is 100 Å². The van der Waals surface area contributed by atoms with Gasteiger partial charge in [0.25, 0.3) is 0 Å². The van der Waals surface area contributed by atoms with Crippen molar-refractivity contribution in [1.82, 2.24) is 15.0 Å². The molecule has 4 nitrogen and oxygen atoms in total. The Morgan fingerprint density at radius 2 is 1.42 bits per heavy atom. The summed E-state index contributed by atoms with van der Waals surface area (Å²) in [5.41, 5.74) is 1.32. The van der Waals surface area contributed by atoms with E-state index in [1.165, 1.54) is 0 Å². The number of halogens is 6. The highest BCUT2D eigenvalue weighted by Crippen LogP contribution is 2.40. The van der Waals surface area contributed by atoms with Gasteiger partial charge in [-0.2, -0.15) is 0 Å². The van der Waals surface area contributed by atoms with Crippen molar-refractivity contribution >= 4 is 75.2 Å². The average Bonchev–Trinajstić information content (AvgIpc) is 2.58. The molecule has 0 aliphatic rings. The predicted molar refractivity (Wildman–Crippen MR) is 109 cm³/mol. The molecule has 0 N–H and O–H groups in total. The third kappa shape index (κ3) is 5.38. The maximum absolute atomic E-state index is 5.91. The second-order valence-electron chi connectivity index (χ2n) is 4.85. The van der Waals surface area contributed by atoms with Crippen LogP contribution in [-0.2, 0) is 7.59 Å². The minimum Gasteiger partial charge on any atom is -0.497 e. The predicted octanol–water partition coefficient (Wildman–Crippen LogP) is 6.15. The van der Waals surface area contributed by atoms with Crippen LogP contribution in [0, 0.1) is 0 Å². The first-order chi connectivity index (χ1) is 12.1. The van der Waals surface area contributed by atoms with Gasteiger partial charge >= 0.3 is 0 Å². The fraction of sp³-hybridized carbons (Fsp3) is 0.188. The standard InChI is InChI=1S/C16H11Cl6N3O/c1-3-4-11(9-5-7-10(26-2)8-6-9)12-23-13(15(17,18)19)25-14(24-12)16(20,21)22/h3-8H,1H2,2H3. The highest BCUT2D eigenvalue weighted by molar-refractivity contribution is 6.67. The van der Waals surface area contributed by atoms with Crippen LogP contribution < -0.4 is 4.74 Å². The Hall–Kier alpha value is -0.750. The summed E-state index contributed by atoms with van der Waals surface area (Å²) in [7, 11) is 1.57. The fourth-order valence-corrected chi connectivity index (χ4v) is 2.45. The maximum Gasteiger partial charge on any atom is 0.250 e. The summed E-state index contributed by atoms with van der Waals surface area (Å²) in [5.74, 6) is 0.508. The van der Waals surface area contributed by atoms with Crippen LogP contribution in [0.5, 0.6) is 5.75 Å². The quantitative estimate of drug-likeness (QED) is 0.394. The van der Waals surface area contributed by atoms with Crippen molar-refractivity contribution in [3.8, 4) is 5.75 Å². The Kier molecular flexibility index (Phi) is 7.05. The van der Waals surface area contributed by atoms with Crippen LogP contribution in [0.2, 0.25) is 0 Å². The smallest absolute Gasteiger partial charge is 0.250 e. The van der Waals surface area contributed by atoms with E-state index in [2.05, 4.69) is 21.5 Å². The lowest BCUT2D eigenvalue weighted by atomic mass is 10.0. The average molecular weight is 474 g/mol. The van der Waals surface area contributed by atoms with E-state index in [1.54, 1.807) is 31.4 Å². The lowest BCUT2D eigenvalue weighted by Gasteiger charge is -2.16. The number of ether oxygens (including phenoxy) is 1. The zero-order chi connectivity index (χ0) is 19.5. The molecule has 2 aromatic rings. The van der Waals surface area contributed by atoms with Crippen LogP contribution in [-0.4, -0.2) is 22.1 Å². The summed E-state index contributed by atoms with van der Waals surface area (Å²) >= 11 is 35.5. The second-order valence-corrected chi connectivity index (χ2v) is 9.41. The molecule has 10 heteroatoms. The maximum atomic E-state index is 5.91. The van der Waals surface area contributed by atoms with Gasteiger partial charge in [-0.3, -0.25) is 0 Å². The number of nitrogens with zero attached hydrogens (tertiary/aromatic N) is 3. The van der Waals surface area contributed by atoms with E-state index in [9.17, 15) is 0 Å². The zero-order valence-corrected chi connectivity index (χ0v) is 17.7. The van der Waals surface area contributed by atoms with E-state index in [4.69, 9.17) is 74.3 Å². The van der Waals surface area contributed by atoms with Crippen molar-refractivity contribution in [2.24, 2.45) is 0 Å². The number of benzene rings is 1. The van der Waals surface area contributed by atoms with E-state index < -0.39 is 7.59 Å². The minimum atomic E-state index is -1.93. The summed E-state index contributed by atoms with van der Waals surface area (Å²) in [6.45, 7) is 3.70. The van der Waals surface area contributed by atoms with Crippen LogP contribution in [0.25, 0.3) is 5.57 Å². The number of aromatic nitrogens is 3. The molecule has 0 amide bonds. The Bertz CT molecular complexity index is 793.